The molecule has 0 aliphatic carbocycles. The molecule has 0 spiro atoms. The minimum Gasteiger partial charge on any atom is -0.497 e. The fourth-order valence-corrected chi connectivity index (χ4v) is 3.58. The van der Waals surface area contributed by atoms with Crippen LogP contribution < -0.4 is 15.4 Å². The lowest BCUT2D eigenvalue weighted by atomic mass is 9.93. The van der Waals surface area contributed by atoms with Gasteiger partial charge in [0.05, 0.1) is 7.11 Å². The largest absolute Gasteiger partial charge is 0.497 e. The molecular formula is C22H26ClN3O3. The lowest BCUT2D eigenvalue weighted by Crippen LogP contribution is -2.41. The quantitative estimate of drug-likeness (QED) is 0.738. The number of halogens is 1. The highest BCUT2D eigenvalue weighted by molar-refractivity contribution is 6.30. The Hall–Kier alpha value is -2.73. The first-order valence-corrected chi connectivity index (χ1v) is 10.1. The molecule has 2 aromatic rings. The number of hydrogen-bond donors (Lipinski definition) is 2. The third kappa shape index (κ3) is 6.39. The first-order valence-electron chi connectivity index (χ1n) is 9.74. The Kier molecular flexibility index (Phi) is 7.36. The number of methoxy groups -OCH3 is 1. The Morgan fingerprint density at radius 1 is 1.14 bits per heavy atom. The molecule has 1 heterocycles. The summed E-state index contributed by atoms with van der Waals surface area (Å²) in [7, 11) is 1.63. The minimum atomic E-state index is -0.130. The van der Waals surface area contributed by atoms with Crippen LogP contribution >= 0.6 is 11.6 Å². The van der Waals surface area contributed by atoms with Gasteiger partial charge in [0.15, 0.2) is 0 Å². The first kappa shape index (κ1) is 21.0. The van der Waals surface area contributed by atoms with E-state index in [1.165, 1.54) is 0 Å². The van der Waals surface area contributed by atoms with Crippen LogP contribution in [0.15, 0.2) is 48.5 Å². The van der Waals surface area contributed by atoms with Crippen LogP contribution in [0.3, 0.4) is 0 Å². The third-order valence-corrected chi connectivity index (χ3v) is 5.34. The Bertz CT molecular complexity index is 833. The average molecular weight is 416 g/mol. The number of amides is 3. The normalized spacial score (nSPS) is 14.3. The van der Waals surface area contributed by atoms with Crippen molar-refractivity contribution in [1.82, 2.24) is 10.2 Å². The number of urea groups is 1. The van der Waals surface area contributed by atoms with Crippen LogP contribution in [0.1, 0.15) is 24.8 Å². The van der Waals surface area contributed by atoms with Gasteiger partial charge in [-0.25, -0.2) is 4.79 Å². The van der Waals surface area contributed by atoms with E-state index in [4.69, 9.17) is 16.3 Å². The Balaban J connectivity index is 1.38. The Labute approximate surface area is 176 Å². The summed E-state index contributed by atoms with van der Waals surface area (Å²) in [5, 5.41) is 6.42. The number of ether oxygens (including phenoxy) is 1. The number of likely N-dealkylation sites (tertiary alicyclic amines) is 1. The molecule has 3 rings (SSSR count). The third-order valence-electron chi connectivity index (χ3n) is 5.10. The van der Waals surface area contributed by atoms with Crippen LogP contribution in [-0.4, -0.2) is 37.0 Å². The number of hydrogen-bond acceptors (Lipinski definition) is 3. The number of rotatable bonds is 6. The molecule has 1 saturated heterocycles. The second kappa shape index (κ2) is 10.2. The van der Waals surface area contributed by atoms with E-state index in [0.29, 0.717) is 42.7 Å². The highest BCUT2D eigenvalue weighted by Crippen LogP contribution is 2.22. The van der Waals surface area contributed by atoms with Crippen molar-refractivity contribution in [3.63, 3.8) is 0 Å². The number of carbonyl (C=O) groups is 2. The van der Waals surface area contributed by atoms with Gasteiger partial charge in [0, 0.05) is 36.8 Å². The zero-order valence-corrected chi connectivity index (χ0v) is 17.2. The van der Waals surface area contributed by atoms with Crippen molar-refractivity contribution in [3.8, 4) is 5.75 Å². The molecule has 2 aromatic carbocycles. The molecule has 2 N–H and O–H groups in total. The van der Waals surface area contributed by atoms with E-state index in [9.17, 15) is 9.59 Å². The smallest absolute Gasteiger partial charge is 0.321 e. The highest BCUT2D eigenvalue weighted by Gasteiger charge is 2.24. The molecule has 154 valence electrons. The van der Waals surface area contributed by atoms with Gasteiger partial charge >= 0.3 is 6.03 Å². The topological polar surface area (TPSA) is 70.7 Å². The number of piperidine rings is 1. The van der Waals surface area contributed by atoms with E-state index in [1.807, 2.05) is 30.3 Å². The molecule has 1 aliphatic rings. The van der Waals surface area contributed by atoms with Crippen LogP contribution in [0.5, 0.6) is 5.75 Å². The molecule has 0 unspecified atom stereocenters. The van der Waals surface area contributed by atoms with E-state index in [1.54, 1.807) is 30.2 Å². The Morgan fingerprint density at radius 3 is 2.52 bits per heavy atom. The number of benzene rings is 2. The molecule has 0 bridgehead atoms. The molecule has 0 radical (unpaired) electrons. The molecule has 29 heavy (non-hydrogen) atoms. The summed E-state index contributed by atoms with van der Waals surface area (Å²) in [5.74, 6) is 1.13. The van der Waals surface area contributed by atoms with Gasteiger partial charge in [-0.2, -0.15) is 0 Å². The fraction of sp³-hybridized carbons (Fsp3) is 0.364. The van der Waals surface area contributed by atoms with E-state index in [2.05, 4.69) is 10.6 Å². The lowest BCUT2D eigenvalue weighted by Gasteiger charge is -2.31. The van der Waals surface area contributed by atoms with Gasteiger partial charge in [0.2, 0.25) is 5.91 Å². The highest BCUT2D eigenvalue weighted by atomic mass is 35.5. The first-order chi connectivity index (χ1) is 14.0. The van der Waals surface area contributed by atoms with Crippen molar-refractivity contribution in [3.05, 3.63) is 59.1 Å². The zero-order valence-electron chi connectivity index (χ0n) is 16.5. The summed E-state index contributed by atoms with van der Waals surface area (Å²) in [5.41, 5.74) is 1.72. The van der Waals surface area contributed by atoms with Crippen molar-refractivity contribution in [2.75, 3.05) is 25.5 Å². The van der Waals surface area contributed by atoms with Crippen LogP contribution in [0.4, 0.5) is 10.5 Å². The lowest BCUT2D eigenvalue weighted by molar-refractivity contribution is -0.122. The summed E-state index contributed by atoms with van der Waals surface area (Å²) < 4.78 is 5.13. The minimum absolute atomic E-state index is 0.0441. The molecule has 6 nitrogen and oxygen atoms in total. The van der Waals surface area contributed by atoms with Crippen molar-refractivity contribution >= 4 is 29.2 Å². The number of nitrogens with one attached hydrogen (secondary N) is 2. The summed E-state index contributed by atoms with van der Waals surface area (Å²) in [6.45, 7) is 1.79. The van der Waals surface area contributed by atoms with Crippen LogP contribution in [0.2, 0.25) is 5.02 Å². The van der Waals surface area contributed by atoms with Crippen molar-refractivity contribution in [2.24, 2.45) is 5.92 Å². The molecule has 7 heteroatoms. The maximum absolute atomic E-state index is 12.4. The maximum Gasteiger partial charge on any atom is 0.321 e. The van der Waals surface area contributed by atoms with Crippen LogP contribution in [-0.2, 0) is 11.3 Å². The fourth-order valence-electron chi connectivity index (χ4n) is 3.39. The second-order valence-corrected chi connectivity index (χ2v) is 7.64. The molecule has 0 atom stereocenters. The van der Waals surface area contributed by atoms with E-state index >= 15 is 0 Å². The van der Waals surface area contributed by atoms with Gasteiger partial charge in [-0.15, -0.1) is 0 Å². The predicted octanol–water partition coefficient (Wildman–Crippen LogP) is 4.30. The molecule has 1 aliphatic heterocycles. The summed E-state index contributed by atoms with van der Waals surface area (Å²) in [6.07, 6.45) is 2.12. The molecule has 3 amide bonds. The van der Waals surface area contributed by atoms with E-state index in [0.717, 1.165) is 24.2 Å². The Morgan fingerprint density at radius 2 is 1.86 bits per heavy atom. The van der Waals surface area contributed by atoms with E-state index in [-0.39, 0.29) is 11.9 Å². The summed E-state index contributed by atoms with van der Waals surface area (Å²) in [4.78, 5) is 26.4. The summed E-state index contributed by atoms with van der Waals surface area (Å²) >= 11 is 5.95. The van der Waals surface area contributed by atoms with E-state index < -0.39 is 0 Å². The van der Waals surface area contributed by atoms with Crippen LogP contribution in [0, 0.1) is 5.92 Å². The number of carbonyl (C=O) groups excluding carboxylic acids is 2. The van der Waals surface area contributed by atoms with Gasteiger partial charge in [-0.3, -0.25) is 4.79 Å². The SMILES string of the molecule is COc1ccc(CNC(=O)CC2CCN(C(=O)Nc3cccc(Cl)c3)CC2)cc1. The van der Waals surface area contributed by atoms with Crippen molar-refractivity contribution in [2.45, 2.75) is 25.8 Å². The van der Waals surface area contributed by atoms with Crippen molar-refractivity contribution < 1.29 is 14.3 Å². The van der Waals surface area contributed by atoms with Gasteiger partial charge in [-0.1, -0.05) is 29.8 Å². The van der Waals surface area contributed by atoms with Gasteiger partial charge < -0.3 is 20.3 Å². The van der Waals surface area contributed by atoms with Gasteiger partial charge in [0.25, 0.3) is 0 Å². The monoisotopic (exact) mass is 415 g/mol. The molecule has 0 aromatic heterocycles. The molecule has 0 saturated carbocycles. The predicted molar refractivity (Wildman–Crippen MR) is 114 cm³/mol. The standard InChI is InChI=1S/C22H26ClN3O3/c1-29-20-7-5-17(6-8-20)15-24-21(27)13-16-9-11-26(12-10-16)22(28)25-19-4-2-3-18(23)14-19/h2-8,14,16H,9-13,15H2,1H3,(H,24,27)(H,25,28). The zero-order chi connectivity index (χ0) is 20.6. The molecular weight excluding hydrogens is 390 g/mol. The van der Waals surface area contributed by atoms with Crippen molar-refractivity contribution in [1.29, 1.82) is 0 Å². The van der Waals surface area contributed by atoms with Gasteiger partial charge in [-0.05, 0) is 54.7 Å². The maximum atomic E-state index is 12.4. The molecule has 1 fully saturated rings. The number of anilines is 1. The van der Waals surface area contributed by atoms with Crippen LogP contribution in [0.25, 0.3) is 0 Å². The average Bonchev–Trinajstić information content (AvgIpc) is 2.73. The summed E-state index contributed by atoms with van der Waals surface area (Å²) in [6, 6.07) is 14.6. The second-order valence-electron chi connectivity index (χ2n) is 7.20. The number of nitrogens with zero attached hydrogens (tertiary/aromatic N) is 1. The van der Waals surface area contributed by atoms with Gasteiger partial charge in [0.1, 0.15) is 5.75 Å².